The first-order valence-electron chi connectivity index (χ1n) is 6.13. The minimum absolute atomic E-state index is 0.114. The molecule has 106 valence electrons. The summed E-state index contributed by atoms with van der Waals surface area (Å²) >= 11 is 5.98. The van der Waals surface area contributed by atoms with Gasteiger partial charge in [0.1, 0.15) is 0 Å². The van der Waals surface area contributed by atoms with Gasteiger partial charge in [0.15, 0.2) is 0 Å². The van der Waals surface area contributed by atoms with Crippen LogP contribution in [0.2, 0.25) is 5.02 Å². The summed E-state index contributed by atoms with van der Waals surface area (Å²) in [6.45, 7) is 0. The molecule has 21 heavy (non-hydrogen) atoms. The normalized spacial score (nSPS) is 10.5. The maximum atomic E-state index is 11.8. The molecule has 2 N–H and O–H groups in total. The van der Waals surface area contributed by atoms with Crippen LogP contribution < -0.4 is 5.32 Å². The first-order valence-corrected chi connectivity index (χ1v) is 6.51. The number of aromatic carboxylic acids is 1. The van der Waals surface area contributed by atoms with Gasteiger partial charge in [-0.25, -0.2) is 4.79 Å². The topological polar surface area (TPSA) is 66.4 Å². The number of carbonyl (C=O) groups excluding carboxylic acids is 1. The predicted molar refractivity (Wildman–Crippen MR) is 82.5 cm³/mol. The Morgan fingerprint density at radius 2 is 1.86 bits per heavy atom. The summed E-state index contributed by atoms with van der Waals surface area (Å²) in [4.78, 5) is 22.6. The van der Waals surface area contributed by atoms with Gasteiger partial charge in [-0.3, -0.25) is 4.79 Å². The van der Waals surface area contributed by atoms with Crippen molar-refractivity contribution >= 4 is 35.2 Å². The minimum Gasteiger partial charge on any atom is -0.478 e. The molecule has 0 aromatic heterocycles. The van der Waals surface area contributed by atoms with Gasteiger partial charge in [-0.15, -0.1) is 0 Å². The van der Waals surface area contributed by atoms with Crippen molar-refractivity contribution in [3.05, 3.63) is 70.8 Å². The second-order valence-electron chi connectivity index (χ2n) is 4.23. The molecule has 0 saturated heterocycles. The fourth-order valence-corrected chi connectivity index (χ4v) is 1.89. The lowest BCUT2D eigenvalue weighted by Crippen LogP contribution is -2.08. The molecule has 0 spiro atoms. The van der Waals surface area contributed by atoms with Gasteiger partial charge in [-0.05, 0) is 35.9 Å². The summed E-state index contributed by atoms with van der Waals surface area (Å²) in [6.07, 6.45) is 2.94. The Labute approximate surface area is 126 Å². The van der Waals surface area contributed by atoms with Crippen molar-refractivity contribution in [2.24, 2.45) is 0 Å². The van der Waals surface area contributed by atoms with Crippen LogP contribution >= 0.6 is 11.6 Å². The molecule has 4 nitrogen and oxygen atoms in total. The summed E-state index contributed by atoms with van der Waals surface area (Å²) < 4.78 is 0. The molecule has 2 aromatic rings. The monoisotopic (exact) mass is 301 g/mol. The first kappa shape index (κ1) is 14.8. The van der Waals surface area contributed by atoms with Crippen LogP contribution in [0.3, 0.4) is 0 Å². The molecule has 5 heteroatoms. The Morgan fingerprint density at radius 3 is 2.57 bits per heavy atom. The van der Waals surface area contributed by atoms with Crippen LogP contribution in [0.25, 0.3) is 6.08 Å². The number of benzene rings is 2. The summed E-state index contributed by atoms with van der Waals surface area (Å²) in [5.41, 5.74) is 1.26. The van der Waals surface area contributed by atoms with E-state index in [9.17, 15) is 9.59 Å². The number of hydrogen-bond acceptors (Lipinski definition) is 2. The number of carbonyl (C=O) groups is 2. The van der Waals surface area contributed by atoms with Gasteiger partial charge in [-0.1, -0.05) is 35.9 Å². The van der Waals surface area contributed by atoms with Crippen molar-refractivity contribution in [1.29, 1.82) is 0 Å². The number of amides is 1. The summed E-state index contributed by atoms with van der Waals surface area (Å²) in [7, 11) is 0. The number of halogens is 1. The van der Waals surface area contributed by atoms with Crippen molar-refractivity contribution in [2.45, 2.75) is 0 Å². The van der Waals surface area contributed by atoms with Gasteiger partial charge >= 0.3 is 5.97 Å². The van der Waals surface area contributed by atoms with Gasteiger partial charge < -0.3 is 10.4 Å². The number of carboxylic acid groups (broad SMARTS) is 1. The highest BCUT2D eigenvalue weighted by Gasteiger charge is 2.04. The number of anilines is 1. The lowest BCUT2D eigenvalue weighted by molar-refractivity contribution is -0.111. The van der Waals surface area contributed by atoms with E-state index in [4.69, 9.17) is 16.7 Å². The van der Waals surface area contributed by atoms with Crippen molar-refractivity contribution in [3.8, 4) is 0 Å². The second-order valence-corrected chi connectivity index (χ2v) is 4.64. The van der Waals surface area contributed by atoms with Crippen molar-refractivity contribution < 1.29 is 14.7 Å². The largest absolute Gasteiger partial charge is 0.478 e. The van der Waals surface area contributed by atoms with Crippen LogP contribution in [0.4, 0.5) is 5.69 Å². The zero-order valence-electron chi connectivity index (χ0n) is 10.9. The van der Waals surface area contributed by atoms with Crippen LogP contribution in [-0.2, 0) is 4.79 Å². The van der Waals surface area contributed by atoms with Gasteiger partial charge in [0.05, 0.1) is 5.56 Å². The van der Waals surface area contributed by atoms with E-state index in [2.05, 4.69) is 5.32 Å². The van der Waals surface area contributed by atoms with E-state index >= 15 is 0 Å². The fourth-order valence-electron chi connectivity index (χ4n) is 1.69. The van der Waals surface area contributed by atoms with Crippen molar-refractivity contribution in [1.82, 2.24) is 0 Å². The molecule has 0 radical (unpaired) electrons. The van der Waals surface area contributed by atoms with E-state index in [1.165, 1.54) is 18.2 Å². The van der Waals surface area contributed by atoms with E-state index in [0.717, 1.165) is 5.56 Å². The first-order chi connectivity index (χ1) is 10.1. The highest BCUT2D eigenvalue weighted by molar-refractivity contribution is 6.32. The average molecular weight is 302 g/mol. The maximum absolute atomic E-state index is 11.8. The average Bonchev–Trinajstić information content (AvgIpc) is 2.46. The number of nitrogens with one attached hydrogen (secondary N) is 1. The number of carboxylic acids is 1. The molecule has 1 amide bonds. The summed E-state index contributed by atoms with van der Waals surface area (Å²) in [6, 6.07) is 13.2. The third kappa shape index (κ3) is 4.19. The summed E-state index contributed by atoms with van der Waals surface area (Å²) in [5, 5.41) is 12.0. The third-order valence-corrected chi connectivity index (χ3v) is 3.04. The zero-order valence-corrected chi connectivity index (χ0v) is 11.7. The van der Waals surface area contributed by atoms with Gasteiger partial charge in [0, 0.05) is 16.8 Å². The summed E-state index contributed by atoms with van der Waals surface area (Å²) in [5.74, 6) is -1.41. The quantitative estimate of drug-likeness (QED) is 0.846. The minimum atomic E-state index is -1.04. The highest BCUT2D eigenvalue weighted by Crippen LogP contribution is 2.16. The third-order valence-electron chi connectivity index (χ3n) is 2.70. The van der Waals surface area contributed by atoms with Crippen LogP contribution in [0, 0.1) is 0 Å². The molecule has 0 bridgehead atoms. The number of hydrogen-bond donors (Lipinski definition) is 2. The standard InChI is InChI=1S/C16H12ClNO3/c17-14-7-2-1-4-11(14)8-9-15(19)18-13-6-3-5-12(10-13)16(20)21/h1-10H,(H,18,19)(H,20,21). The molecule has 2 aromatic carbocycles. The van der Waals surface area contributed by atoms with E-state index in [0.29, 0.717) is 10.7 Å². The molecule has 0 heterocycles. The Balaban J connectivity index is 2.07. The van der Waals surface area contributed by atoms with Crippen molar-refractivity contribution in [3.63, 3.8) is 0 Å². The molecular weight excluding hydrogens is 290 g/mol. The second kappa shape index (κ2) is 6.72. The molecule has 0 aliphatic heterocycles. The van der Waals surface area contributed by atoms with E-state index in [1.807, 2.05) is 6.07 Å². The van der Waals surface area contributed by atoms with E-state index < -0.39 is 5.97 Å². The van der Waals surface area contributed by atoms with Gasteiger partial charge in [0.2, 0.25) is 5.91 Å². The molecule has 0 fully saturated rings. The lowest BCUT2D eigenvalue weighted by atomic mass is 10.2. The molecule has 0 saturated carbocycles. The van der Waals surface area contributed by atoms with E-state index in [1.54, 1.807) is 36.4 Å². The fraction of sp³-hybridized carbons (Fsp3) is 0. The maximum Gasteiger partial charge on any atom is 0.335 e. The van der Waals surface area contributed by atoms with Crippen LogP contribution in [0.5, 0.6) is 0 Å². The van der Waals surface area contributed by atoms with E-state index in [-0.39, 0.29) is 11.5 Å². The highest BCUT2D eigenvalue weighted by atomic mass is 35.5. The SMILES string of the molecule is O=C(C=Cc1ccccc1Cl)Nc1cccc(C(=O)O)c1. The Morgan fingerprint density at radius 1 is 1.10 bits per heavy atom. The number of rotatable bonds is 4. The van der Waals surface area contributed by atoms with Crippen LogP contribution in [-0.4, -0.2) is 17.0 Å². The molecule has 0 aliphatic carbocycles. The van der Waals surface area contributed by atoms with Crippen LogP contribution in [0.1, 0.15) is 15.9 Å². The Kier molecular flexibility index (Phi) is 4.74. The molecule has 0 unspecified atom stereocenters. The lowest BCUT2D eigenvalue weighted by Gasteiger charge is -2.03. The Hall–Kier alpha value is -2.59. The zero-order chi connectivity index (χ0) is 15.2. The molecule has 2 rings (SSSR count). The smallest absolute Gasteiger partial charge is 0.335 e. The molecular formula is C16H12ClNO3. The van der Waals surface area contributed by atoms with Crippen molar-refractivity contribution in [2.75, 3.05) is 5.32 Å². The molecule has 0 atom stereocenters. The van der Waals surface area contributed by atoms with Crippen LogP contribution in [0.15, 0.2) is 54.6 Å². The predicted octanol–water partition coefficient (Wildman–Crippen LogP) is 3.69. The molecule has 0 aliphatic rings. The van der Waals surface area contributed by atoms with Gasteiger partial charge in [0.25, 0.3) is 0 Å². The Bertz CT molecular complexity index is 710. The van der Waals surface area contributed by atoms with Gasteiger partial charge in [-0.2, -0.15) is 0 Å².